The van der Waals surface area contributed by atoms with Gasteiger partial charge < -0.3 is 31.5 Å². The van der Waals surface area contributed by atoms with E-state index in [1.165, 1.54) is 24.2 Å². The van der Waals surface area contributed by atoms with Crippen molar-refractivity contribution in [3.05, 3.63) is 42.1 Å². The molecule has 0 aliphatic carbocycles. The van der Waals surface area contributed by atoms with Crippen molar-refractivity contribution in [2.45, 2.75) is 38.8 Å². The van der Waals surface area contributed by atoms with Gasteiger partial charge in [-0.3, -0.25) is 4.79 Å². The zero-order valence-electron chi connectivity index (χ0n) is 19.3. The average Bonchev–Trinajstić information content (AvgIpc) is 3.34. The minimum atomic E-state index is -1.20. The number of nitrogens with zero attached hydrogens (tertiary/aromatic N) is 5. The molecule has 3 heterocycles. The van der Waals surface area contributed by atoms with Gasteiger partial charge in [-0.15, -0.1) is 5.10 Å². The van der Waals surface area contributed by atoms with Crippen molar-refractivity contribution >= 4 is 29.3 Å². The number of carboxylic acid groups (broad SMARTS) is 1. The van der Waals surface area contributed by atoms with Crippen molar-refractivity contribution in [2.75, 3.05) is 17.7 Å². The Morgan fingerprint density at radius 3 is 2.69 bits per heavy atom. The van der Waals surface area contributed by atoms with E-state index >= 15 is 0 Å². The number of carbonyl (C=O) groups excluding carboxylic acids is 1. The van der Waals surface area contributed by atoms with E-state index < -0.39 is 29.9 Å². The average molecular weight is 487 g/mol. The van der Waals surface area contributed by atoms with Crippen LogP contribution in [-0.4, -0.2) is 61.3 Å². The van der Waals surface area contributed by atoms with E-state index in [1.54, 1.807) is 19.2 Å². The van der Waals surface area contributed by atoms with Crippen LogP contribution in [0.5, 0.6) is 5.88 Å². The molecule has 0 unspecified atom stereocenters. The van der Waals surface area contributed by atoms with Gasteiger partial charge in [0.2, 0.25) is 5.88 Å². The summed E-state index contributed by atoms with van der Waals surface area (Å²) in [6.07, 6.45) is 4.55. The molecule has 0 aromatic carbocycles. The van der Waals surface area contributed by atoms with Crippen LogP contribution in [0, 0.1) is 5.82 Å². The lowest BCUT2D eigenvalue weighted by Crippen LogP contribution is -2.44. The highest BCUT2D eigenvalue weighted by Crippen LogP contribution is 2.28. The molecule has 0 saturated heterocycles. The van der Waals surface area contributed by atoms with E-state index in [-0.39, 0.29) is 23.1 Å². The quantitative estimate of drug-likeness (QED) is 0.269. The number of rotatable bonds is 11. The van der Waals surface area contributed by atoms with E-state index in [2.05, 4.69) is 36.2 Å². The van der Waals surface area contributed by atoms with Crippen LogP contribution < -0.4 is 26.4 Å². The number of pyridine rings is 2. The SMILES string of the molecule is CCC[C@@H](Nc1nc(Nc2cnc(OC)c(-n3ccnn3)c2)c(C(N)=O)cc1F)[C@H](C)NC(=O)O. The number of primary amides is 1. The van der Waals surface area contributed by atoms with Gasteiger partial charge in [-0.05, 0) is 25.5 Å². The molecule has 0 spiro atoms. The van der Waals surface area contributed by atoms with Crippen molar-refractivity contribution in [3.8, 4) is 11.6 Å². The summed E-state index contributed by atoms with van der Waals surface area (Å²) in [7, 11) is 1.45. The van der Waals surface area contributed by atoms with Gasteiger partial charge in [-0.2, -0.15) is 0 Å². The summed E-state index contributed by atoms with van der Waals surface area (Å²) in [6.45, 7) is 3.57. The lowest BCUT2D eigenvalue weighted by Gasteiger charge is -2.26. The largest absolute Gasteiger partial charge is 0.479 e. The number of aromatic nitrogens is 5. The van der Waals surface area contributed by atoms with Crippen LogP contribution in [0.3, 0.4) is 0 Å². The number of methoxy groups -OCH3 is 1. The standard InChI is InChI=1S/C21H26FN9O4/c1-4-5-15(11(2)26-21(33)34)28-19-14(22)9-13(17(23)32)18(29-19)27-12-8-16(20(35-3)24-10-12)31-7-6-25-30-31/h6-11,15,26H,4-5H2,1-3H3,(H2,23,32)(H,33,34)(H2,27,28,29)/t11-,15+/m0/s1. The summed E-state index contributed by atoms with van der Waals surface area (Å²) in [5.74, 6) is -1.63. The first-order valence-electron chi connectivity index (χ1n) is 10.7. The Morgan fingerprint density at radius 1 is 1.31 bits per heavy atom. The van der Waals surface area contributed by atoms with E-state index in [1.807, 2.05) is 6.92 Å². The number of nitrogens with two attached hydrogens (primary N) is 1. The van der Waals surface area contributed by atoms with Gasteiger partial charge in [-0.25, -0.2) is 23.8 Å². The minimum absolute atomic E-state index is 0.0213. The fourth-order valence-corrected chi connectivity index (χ4v) is 3.41. The Kier molecular flexibility index (Phi) is 7.96. The minimum Gasteiger partial charge on any atom is -0.479 e. The number of nitrogens with one attached hydrogen (secondary N) is 3. The van der Waals surface area contributed by atoms with Crippen LogP contribution in [-0.2, 0) is 0 Å². The van der Waals surface area contributed by atoms with Gasteiger partial charge in [0, 0.05) is 12.1 Å². The van der Waals surface area contributed by atoms with Gasteiger partial charge in [0.05, 0.1) is 37.0 Å². The van der Waals surface area contributed by atoms with E-state index in [4.69, 9.17) is 15.6 Å². The summed E-state index contributed by atoms with van der Waals surface area (Å²) in [5.41, 5.74) is 6.10. The molecule has 6 N–H and O–H groups in total. The first kappa shape index (κ1) is 25.1. The molecule has 2 atom stereocenters. The zero-order valence-corrected chi connectivity index (χ0v) is 19.3. The molecule has 2 amide bonds. The number of hydrogen-bond donors (Lipinski definition) is 5. The molecule has 35 heavy (non-hydrogen) atoms. The second-order valence-electron chi connectivity index (χ2n) is 7.58. The number of anilines is 3. The van der Waals surface area contributed by atoms with E-state index in [9.17, 15) is 14.0 Å². The third-order valence-electron chi connectivity index (χ3n) is 5.08. The predicted octanol–water partition coefficient (Wildman–Crippen LogP) is 2.28. The summed E-state index contributed by atoms with van der Waals surface area (Å²) in [5, 5.41) is 25.0. The molecule has 3 aromatic rings. The van der Waals surface area contributed by atoms with Crippen LogP contribution >= 0.6 is 0 Å². The zero-order chi connectivity index (χ0) is 25.5. The molecular formula is C21H26FN9O4. The topological polar surface area (TPSA) is 182 Å². The van der Waals surface area contributed by atoms with Crippen molar-refractivity contribution in [1.29, 1.82) is 0 Å². The summed E-state index contributed by atoms with van der Waals surface area (Å²) >= 11 is 0. The highest BCUT2D eigenvalue weighted by Gasteiger charge is 2.23. The number of ether oxygens (including phenoxy) is 1. The van der Waals surface area contributed by atoms with Gasteiger partial charge in [0.25, 0.3) is 5.91 Å². The maximum absolute atomic E-state index is 14.9. The molecule has 0 aliphatic rings. The third-order valence-corrected chi connectivity index (χ3v) is 5.08. The maximum Gasteiger partial charge on any atom is 0.404 e. The van der Waals surface area contributed by atoms with Gasteiger partial charge in [0.1, 0.15) is 11.5 Å². The van der Waals surface area contributed by atoms with Crippen LogP contribution in [0.2, 0.25) is 0 Å². The second kappa shape index (κ2) is 11.1. The molecular weight excluding hydrogens is 461 g/mol. The summed E-state index contributed by atoms with van der Waals surface area (Å²) in [6, 6.07) is 1.58. The van der Waals surface area contributed by atoms with E-state index in [0.717, 1.165) is 6.07 Å². The lowest BCUT2D eigenvalue weighted by atomic mass is 10.0. The Labute approximate surface area is 199 Å². The number of carbonyl (C=O) groups is 2. The van der Waals surface area contributed by atoms with Crippen LogP contribution in [0.15, 0.2) is 30.7 Å². The summed E-state index contributed by atoms with van der Waals surface area (Å²) in [4.78, 5) is 31.5. The van der Waals surface area contributed by atoms with Gasteiger partial charge in [0.15, 0.2) is 11.6 Å². The van der Waals surface area contributed by atoms with Crippen molar-refractivity contribution in [1.82, 2.24) is 30.3 Å². The Balaban J connectivity index is 1.97. The second-order valence-corrected chi connectivity index (χ2v) is 7.58. The molecule has 14 heteroatoms. The fourth-order valence-electron chi connectivity index (χ4n) is 3.41. The molecule has 0 radical (unpaired) electrons. The van der Waals surface area contributed by atoms with E-state index in [0.29, 0.717) is 24.2 Å². The maximum atomic E-state index is 14.9. The lowest BCUT2D eigenvalue weighted by molar-refractivity contribution is 0.1000. The van der Waals surface area contributed by atoms with Crippen molar-refractivity contribution in [3.63, 3.8) is 0 Å². The summed E-state index contributed by atoms with van der Waals surface area (Å²) < 4.78 is 21.6. The predicted molar refractivity (Wildman–Crippen MR) is 125 cm³/mol. The Bertz CT molecular complexity index is 1190. The molecule has 3 aromatic heterocycles. The molecule has 13 nitrogen and oxygen atoms in total. The highest BCUT2D eigenvalue weighted by atomic mass is 19.1. The Hall–Kier alpha value is -4.49. The first-order valence-corrected chi connectivity index (χ1v) is 10.7. The van der Waals surface area contributed by atoms with Crippen LogP contribution in [0.4, 0.5) is 26.5 Å². The smallest absolute Gasteiger partial charge is 0.404 e. The molecule has 0 fully saturated rings. The number of halogens is 1. The Morgan fingerprint density at radius 2 is 2.09 bits per heavy atom. The van der Waals surface area contributed by atoms with Crippen molar-refractivity contribution < 1.29 is 23.8 Å². The first-order chi connectivity index (χ1) is 16.7. The normalized spacial score (nSPS) is 12.5. The molecule has 3 rings (SSSR count). The molecule has 0 saturated carbocycles. The number of amides is 2. The van der Waals surface area contributed by atoms with Crippen molar-refractivity contribution in [2.24, 2.45) is 5.73 Å². The molecule has 0 bridgehead atoms. The highest BCUT2D eigenvalue weighted by molar-refractivity contribution is 5.98. The van der Waals surface area contributed by atoms with Crippen LogP contribution in [0.25, 0.3) is 5.69 Å². The molecule has 0 aliphatic heterocycles. The van der Waals surface area contributed by atoms with Gasteiger partial charge >= 0.3 is 6.09 Å². The molecule has 186 valence electrons. The van der Waals surface area contributed by atoms with Crippen LogP contribution in [0.1, 0.15) is 37.0 Å². The number of hydrogen-bond acceptors (Lipinski definition) is 9. The monoisotopic (exact) mass is 487 g/mol. The fraction of sp³-hybridized carbons (Fsp3) is 0.333. The third kappa shape index (κ3) is 6.10. The van der Waals surface area contributed by atoms with Gasteiger partial charge in [-0.1, -0.05) is 18.6 Å².